The fourth-order valence-corrected chi connectivity index (χ4v) is 3.28. The van der Waals surface area contributed by atoms with Gasteiger partial charge in [0.25, 0.3) is 0 Å². The fraction of sp³-hybridized carbons (Fsp3) is 1.00. The molecule has 1 aliphatic carbocycles. The van der Waals surface area contributed by atoms with Crippen LogP contribution in [0.1, 0.15) is 39.0 Å². The molecular weight excluding hydrogens is 198 g/mol. The normalized spacial score (nSPS) is 42.2. The van der Waals surface area contributed by atoms with Crippen molar-refractivity contribution in [1.29, 1.82) is 0 Å². The van der Waals surface area contributed by atoms with Crippen LogP contribution in [0.25, 0.3) is 0 Å². The van der Waals surface area contributed by atoms with E-state index >= 15 is 0 Å². The van der Waals surface area contributed by atoms with Crippen LogP contribution in [-0.4, -0.2) is 43.2 Å². The molecule has 0 radical (unpaired) electrons. The monoisotopic (exact) mass is 225 g/mol. The second-order valence-corrected chi connectivity index (χ2v) is 5.92. The minimum Gasteiger partial charge on any atom is -0.328 e. The Morgan fingerprint density at radius 3 is 2.75 bits per heavy atom. The van der Waals surface area contributed by atoms with Crippen molar-refractivity contribution < 1.29 is 0 Å². The molecule has 3 nitrogen and oxygen atoms in total. The highest BCUT2D eigenvalue weighted by Crippen LogP contribution is 2.21. The summed E-state index contributed by atoms with van der Waals surface area (Å²) in [7, 11) is 2.23. The number of hydrogen-bond acceptors (Lipinski definition) is 3. The summed E-state index contributed by atoms with van der Waals surface area (Å²) in [5, 5.41) is 3.85. The maximum absolute atomic E-state index is 6.04. The lowest BCUT2D eigenvalue weighted by atomic mass is 9.88. The van der Waals surface area contributed by atoms with Gasteiger partial charge in [-0.25, -0.2) is 0 Å². The Balaban J connectivity index is 1.80. The summed E-state index contributed by atoms with van der Waals surface area (Å²) in [6.07, 6.45) is 6.33. The Hall–Kier alpha value is -0.120. The number of hydrogen-bond donors (Lipinski definition) is 2. The number of likely N-dealkylation sites (tertiary alicyclic amines) is 1. The molecule has 0 aromatic carbocycles. The maximum Gasteiger partial charge on any atom is 0.0120 e. The van der Waals surface area contributed by atoms with E-state index in [4.69, 9.17) is 5.73 Å². The third-order valence-electron chi connectivity index (χ3n) is 4.27. The zero-order chi connectivity index (χ0) is 11.5. The van der Waals surface area contributed by atoms with Crippen LogP contribution in [0.5, 0.6) is 0 Å². The van der Waals surface area contributed by atoms with Crippen LogP contribution in [0.4, 0.5) is 0 Å². The number of nitrogens with zero attached hydrogens (tertiary/aromatic N) is 1. The van der Waals surface area contributed by atoms with Crippen LogP contribution in [0.3, 0.4) is 0 Å². The molecule has 0 aromatic heterocycles. The molecule has 0 amide bonds. The van der Waals surface area contributed by atoms with Crippen molar-refractivity contribution in [2.24, 2.45) is 11.7 Å². The van der Waals surface area contributed by atoms with Crippen LogP contribution in [0.15, 0.2) is 0 Å². The predicted octanol–water partition coefficient (Wildman–Crippen LogP) is 1.19. The van der Waals surface area contributed by atoms with E-state index in [-0.39, 0.29) is 0 Å². The summed E-state index contributed by atoms with van der Waals surface area (Å²) in [4.78, 5) is 2.44. The standard InChI is InChI=1S/C13H27N3/c1-10-9-16(2)7-6-13(10)15-12-5-3-4-11(14)8-12/h10-13,15H,3-9,14H2,1-2H3. The smallest absolute Gasteiger partial charge is 0.0120 e. The molecule has 3 N–H and O–H groups in total. The van der Waals surface area contributed by atoms with Crippen molar-refractivity contribution in [1.82, 2.24) is 10.2 Å². The van der Waals surface area contributed by atoms with Gasteiger partial charge >= 0.3 is 0 Å². The van der Waals surface area contributed by atoms with E-state index in [0.29, 0.717) is 18.1 Å². The lowest BCUT2D eigenvalue weighted by Crippen LogP contribution is -2.52. The zero-order valence-electron chi connectivity index (χ0n) is 10.8. The second-order valence-electron chi connectivity index (χ2n) is 5.92. The Morgan fingerprint density at radius 2 is 2.06 bits per heavy atom. The predicted molar refractivity (Wildman–Crippen MR) is 68.4 cm³/mol. The van der Waals surface area contributed by atoms with E-state index in [2.05, 4.69) is 24.2 Å². The molecule has 3 heteroatoms. The third-order valence-corrected chi connectivity index (χ3v) is 4.27. The Labute approximate surface area is 99.8 Å². The summed E-state index contributed by atoms with van der Waals surface area (Å²) in [6.45, 7) is 4.84. The largest absolute Gasteiger partial charge is 0.328 e. The van der Waals surface area contributed by atoms with Gasteiger partial charge < -0.3 is 16.0 Å². The Kier molecular flexibility index (Phi) is 4.22. The van der Waals surface area contributed by atoms with Crippen molar-refractivity contribution in [2.75, 3.05) is 20.1 Å². The molecule has 0 spiro atoms. The Morgan fingerprint density at radius 1 is 1.25 bits per heavy atom. The number of rotatable bonds is 2. The van der Waals surface area contributed by atoms with E-state index in [0.717, 1.165) is 5.92 Å². The molecule has 1 saturated heterocycles. The minimum absolute atomic E-state index is 0.438. The van der Waals surface area contributed by atoms with Gasteiger partial charge in [-0.05, 0) is 45.2 Å². The van der Waals surface area contributed by atoms with E-state index in [9.17, 15) is 0 Å². The van der Waals surface area contributed by atoms with E-state index in [1.807, 2.05) is 0 Å². The summed E-state index contributed by atoms with van der Waals surface area (Å²) in [5.41, 5.74) is 6.04. The quantitative estimate of drug-likeness (QED) is 0.741. The first-order valence-corrected chi connectivity index (χ1v) is 6.85. The topological polar surface area (TPSA) is 41.3 Å². The van der Waals surface area contributed by atoms with Gasteiger partial charge in [0.2, 0.25) is 0 Å². The van der Waals surface area contributed by atoms with Crippen LogP contribution in [-0.2, 0) is 0 Å². The highest BCUT2D eigenvalue weighted by molar-refractivity contribution is 4.87. The van der Waals surface area contributed by atoms with E-state index < -0.39 is 0 Å². The molecule has 0 bridgehead atoms. The molecule has 1 aliphatic heterocycles. The van der Waals surface area contributed by atoms with Crippen molar-refractivity contribution >= 4 is 0 Å². The second kappa shape index (κ2) is 5.48. The van der Waals surface area contributed by atoms with Gasteiger partial charge in [-0.3, -0.25) is 0 Å². The van der Waals surface area contributed by atoms with Gasteiger partial charge in [0, 0.05) is 24.7 Å². The molecule has 2 aliphatic rings. The molecule has 1 saturated carbocycles. The number of nitrogens with one attached hydrogen (secondary N) is 1. The van der Waals surface area contributed by atoms with Crippen LogP contribution >= 0.6 is 0 Å². The summed E-state index contributed by atoms with van der Waals surface area (Å²) >= 11 is 0. The number of piperidine rings is 1. The number of nitrogens with two attached hydrogens (primary N) is 1. The van der Waals surface area contributed by atoms with Gasteiger partial charge in [0.1, 0.15) is 0 Å². The highest BCUT2D eigenvalue weighted by Gasteiger charge is 2.27. The Bertz CT molecular complexity index is 219. The van der Waals surface area contributed by atoms with Gasteiger partial charge in [0.05, 0.1) is 0 Å². The van der Waals surface area contributed by atoms with Crippen molar-refractivity contribution in [3.8, 4) is 0 Å². The van der Waals surface area contributed by atoms with Gasteiger partial charge in [0.15, 0.2) is 0 Å². The van der Waals surface area contributed by atoms with Crippen molar-refractivity contribution in [2.45, 2.75) is 57.2 Å². The SMILES string of the molecule is CC1CN(C)CCC1NC1CCCC(N)C1. The average molecular weight is 225 g/mol. The molecule has 4 atom stereocenters. The molecule has 2 rings (SSSR count). The average Bonchev–Trinajstić information content (AvgIpc) is 2.22. The van der Waals surface area contributed by atoms with Crippen molar-refractivity contribution in [3.05, 3.63) is 0 Å². The fourth-order valence-electron chi connectivity index (χ4n) is 3.28. The molecule has 4 unspecified atom stereocenters. The van der Waals surface area contributed by atoms with E-state index in [1.165, 1.54) is 45.2 Å². The zero-order valence-corrected chi connectivity index (χ0v) is 10.8. The first-order chi connectivity index (χ1) is 7.65. The lowest BCUT2D eigenvalue weighted by molar-refractivity contribution is 0.157. The first kappa shape index (κ1) is 12.3. The van der Waals surface area contributed by atoms with Crippen molar-refractivity contribution in [3.63, 3.8) is 0 Å². The van der Waals surface area contributed by atoms with Crippen LogP contribution < -0.4 is 11.1 Å². The maximum atomic E-state index is 6.04. The molecule has 1 heterocycles. The molecule has 0 aromatic rings. The van der Waals surface area contributed by atoms with Gasteiger partial charge in [-0.15, -0.1) is 0 Å². The summed E-state index contributed by atoms with van der Waals surface area (Å²) < 4.78 is 0. The molecule has 94 valence electrons. The van der Waals surface area contributed by atoms with Crippen LogP contribution in [0.2, 0.25) is 0 Å². The molecule has 16 heavy (non-hydrogen) atoms. The van der Waals surface area contributed by atoms with E-state index in [1.54, 1.807) is 0 Å². The van der Waals surface area contributed by atoms with Gasteiger partial charge in [-0.1, -0.05) is 13.3 Å². The molecular formula is C13H27N3. The summed E-state index contributed by atoms with van der Waals surface area (Å²) in [6, 6.07) is 1.83. The van der Waals surface area contributed by atoms with Crippen LogP contribution in [0, 0.1) is 5.92 Å². The molecule has 2 fully saturated rings. The third kappa shape index (κ3) is 3.19. The minimum atomic E-state index is 0.438. The summed E-state index contributed by atoms with van der Waals surface area (Å²) in [5.74, 6) is 0.775. The lowest BCUT2D eigenvalue weighted by Gasteiger charge is -2.39. The highest BCUT2D eigenvalue weighted by atomic mass is 15.1. The van der Waals surface area contributed by atoms with Gasteiger partial charge in [-0.2, -0.15) is 0 Å². The first-order valence-electron chi connectivity index (χ1n) is 6.85.